The van der Waals surface area contributed by atoms with Crippen LogP contribution in [0.3, 0.4) is 0 Å². The Labute approximate surface area is 179 Å². The molecule has 30 heavy (non-hydrogen) atoms. The molecule has 0 aliphatic heterocycles. The van der Waals surface area contributed by atoms with Crippen molar-refractivity contribution in [1.82, 2.24) is 0 Å². The lowest BCUT2D eigenvalue weighted by Crippen LogP contribution is -2.20. The number of hydrogen-bond donors (Lipinski definition) is 2. The van der Waals surface area contributed by atoms with Crippen LogP contribution in [-0.4, -0.2) is 25.5 Å². The van der Waals surface area contributed by atoms with Gasteiger partial charge in [0.05, 0.1) is 7.11 Å². The molecule has 2 N–H and O–H groups in total. The average Bonchev–Trinajstić information content (AvgIpc) is 2.74. The summed E-state index contributed by atoms with van der Waals surface area (Å²) in [6.45, 7) is 1.72. The quantitative estimate of drug-likeness (QED) is 0.564. The molecule has 0 spiro atoms. The summed E-state index contributed by atoms with van der Waals surface area (Å²) in [5.41, 5.74) is 2.55. The molecule has 0 aromatic heterocycles. The van der Waals surface area contributed by atoms with Gasteiger partial charge in [0.1, 0.15) is 11.5 Å². The molecule has 0 radical (unpaired) electrons. The fourth-order valence-electron chi connectivity index (χ4n) is 2.70. The van der Waals surface area contributed by atoms with E-state index in [2.05, 4.69) is 10.6 Å². The Kier molecular flexibility index (Phi) is 6.93. The van der Waals surface area contributed by atoms with Crippen LogP contribution in [0.2, 0.25) is 5.02 Å². The summed E-state index contributed by atoms with van der Waals surface area (Å²) in [5, 5.41) is 6.15. The predicted molar refractivity (Wildman–Crippen MR) is 118 cm³/mol. The Balaban J connectivity index is 1.52. The van der Waals surface area contributed by atoms with E-state index in [0.717, 1.165) is 5.56 Å². The number of amides is 2. The predicted octanol–water partition coefficient (Wildman–Crippen LogP) is 4.93. The van der Waals surface area contributed by atoms with Crippen LogP contribution in [0.5, 0.6) is 11.5 Å². The van der Waals surface area contributed by atoms with Gasteiger partial charge in [0.2, 0.25) is 0 Å². The smallest absolute Gasteiger partial charge is 0.262 e. The second-order valence-electron chi connectivity index (χ2n) is 6.51. The largest absolute Gasteiger partial charge is 0.497 e. The molecule has 0 fully saturated rings. The summed E-state index contributed by atoms with van der Waals surface area (Å²) < 4.78 is 10.6. The minimum Gasteiger partial charge on any atom is -0.497 e. The summed E-state index contributed by atoms with van der Waals surface area (Å²) in [4.78, 5) is 24.5. The van der Waals surface area contributed by atoms with Crippen LogP contribution >= 0.6 is 11.6 Å². The Morgan fingerprint density at radius 3 is 2.17 bits per heavy atom. The van der Waals surface area contributed by atoms with Crippen molar-refractivity contribution in [2.24, 2.45) is 0 Å². The normalized spacial score (nSPS) is 10.2. The van der Waals surface area contributed by atoms with Gasteiger partial charge in [0, 0.05) is 22.0 Å². The van der Waals surface area contributed by atoms with E-state index < -0.39 is 0 Å². The number of nitrogens with one attached hydrogen (secondary N) is 2. The molecule has 0 aliphatic rings. The Morgan fingerprint density at radius 1 is 0.900 bits per heavy atom. The van der Waals surface area contributed by atoms with Crippen LogP contribution in [-0.2, 0) is 4.79 Å². The molecule has 3 aromatic rings. The zero-order valence-electron chi connectivity index (χ0n) is 16.6. The van der Waals surface area contributed by atoms with E-state index in [9.17, 15) is 9.59 Å². The van der Waals surface area contributed by atoms with E-state index in [1.165, 1.54) is 0 Å². The summed E-state index contributed by atoms with van der Waals surface area (Å²) in [5.74, 6) is 0.753. The monoisotopic (exact) mass is 424 g/mol. The van der Waals surface area contributed by atoms with Gasteiger partial charge in [-0.15, -0.1) is 0 Å². The standard InChI is InChI=1S/C23H21ClN2O4/c1-15-13-17(24)5-12-21(15)30-14-22(27)25-18-6-3-16(4-7-18)23(28)26-19-8-10-20(29-2)11-9-19/h3-13H,14H2,1-2H3,(H,25,27)(H,26,28). The van der Waals surface area contributed by atoms with Gasteiger partial charge in [-0.3, -0.25) is 9.59 Å². The van der Waals surface area contributed by atoms with Gasteiger partial charge in [-0.25, -0.2) is 0 Å². The number of carbonyl (C=O) groups excluding carboxylic acids is 2. The third-order valence-corrected chi connectivity index (χ3v) is 4.51. The molecule has 0 bridgehead atoms. The second kappa shape index (κ2) is 9.80. The molecule has 0 saturated carbocycles. The van der Waals surface area contributed by atoms with Crippen molar-refractivity contribution in [2.45, 2.75) is 6.92 Å². The van der Waals surface area contributed by atoms with Crippen LogP contribution in [0, 0.1) is 6.92 Å². The third kappa shape index (κ3) is 5.75. The minimum atomic E-state index is -0.306. The van der Waals surface area contributed by atoms with Crippen molar-refractivity contribution < 1.29 is 19.1 Å². The highest BCUT2D eigenvalue weighted by molar-refractivity contribution is 6.30. The van der Waals surface area contributed by atoms with Crippen molar-refractivity contribution in [3.8, 4) is 11.5 Å². The second-order valence-corrected chi connectivity index (χ2v) is 6.94. The number of anilines is 2. The van der Waals surface area contributed by atoms with Gasteiger partial charge in [0.15, 0.2) is 6.61 Å². The molecule has 0 heterocycles. The zero-order valence-corrected chi connectivity index (χ0v) is 17.3. The highest BCUT2D eigenvalue weighted by Gasteiger charge is 2.09. The number of aryl methyl sites for hydroxylation is 1. The number of benzene rings is 3. The molecule has 7 heteroatoms. The fourth-order valence-corrected chi connectivity index (χ4v) is 2.92. The first-order valence-electron chi connectivity index (χ1n) is 9.19. The number of methoxy groups -OCH3 is 1. The molecule has 2 amide bonds. The average molecular weight is 425 g/mol. The highest BCUT2D eigenvalue weighted by atomic mass is 35.5. The summed E-state index contributed by atoms with van der Waals surface area (Å²) in [6.07, 6.45) is 0. The molecule has 0 unspecified atom stereocenters. The summed E-state index contributed by atoms with van der Waals surface area (Å²) >= 11 is 5.91. The molecule has 0 atom stereocenters. The lowest BCUT2D eigenvalue weighted by molar-refractivity contribution is -0.118. The van der Waals surface area contributed by atoms with Crippen molar-refractivity contribution in [2.75, 3.05) is 24.4 Å². The van der Waals surface area contributed by atoms with E-state index in [0.29, 0.717) is 33.5 Å². The maximum absolute atomic E-state index is 12.4. The summed E-state index contributed by atoms with van der Waals surface area (Å²) in [6, 6.07) is 18.8. The number of halogens is 1. The van der Waals surface area contributed by atoms with Crippen LogP contribution < -0.4 is 20.1 Å². The van der Waals surface area contributed by atoms with E-state index in [4.69, 9.17) is 21.1 Å². The van der Waals surface area contributed by atoms with E-state index in [-0.39, 0.29) is 18.4 Å². The van der Waals surface area contributed by atoms with Crippen LogP contribution in [0.1, 0.15) is 15.9 Å². The van der Waals surface area contributed by atoms with Crippen LogP contribution in [0.4, 0.5) is 11.4 Å². The van der Waals surface area contributed by atoms with Gasteiger partial charge in [-0.05, 0) is 79.2 Å². The lowest BCUT2D eigenvalue weighted by Gasteiger charge is -2.10. The molecule has 0 saturated heterocycles. The molecule has 0 aliphatic carbocycles. The van der Waals surface area contributed by atoms with Gasteiger partial charge in [-0.1, -0.05) is 11.6 Å². The molecule has 3 aromatic carbocycles. The molecule has 154 valence electrons. The Hall–Kier alpha value is -3.51. The Morgan fingerprint density at radius 2 is 1.53 bits per heavy atom. The van der Waals surface area contributed by atoms with Crippen molar-refractivity contribution >= 4 is 34.8 Å². The third-order valence-electron chi connectivity index (χ3n) is 4.27. The van der Waals surface area contributed by atoms with E-state index in [1.807, 2.05) is 6.92 Å². The summed E-state index contributed by atoms with van der Waals surface area (Å²) in [7, 11) is 1.58. The van der Waals surface area contributed by atoms with Gasteiger partial charge in [-0.2, -0.15) is 0 Å². The first-order valence-corrected chi connectivity index (χ1v) is 9.56. The minimum absolute atomic E-state index is 0.137. The molecular weight excluding hydrogens is 404 g/mol. The van der Waals surface area contributed by atoms with Crippen molar-refractivity contribution in [3.63, 3.8) is 0 Å². The molecule has 3 rings (SSSR count). The zero-order chi connectivity index (χ0) is 21.5. The number of rotatable bonds is 7. The highest BCUT2D eigenvalue weighted by Crippen LogP contribution is 2.22. The van der Waals surface area contributed by atoms with E-state index in [1.54, 1.807) is 73.8 Å². The lowest BCUT2D eigenvalue weighted by atomic mass is 10.2. The SMILES string of the molecule is COc1ccc(NC(=O)c2ccc(NC(=O)COc3ccc(Cl)cc3C)cc2)cc1. The van der Waals surface area contributed by atoms with Crippen LogP contribution in [0.15, 0.2) is 66.7 Å². The number of hydrogen-bond acceptors (Lipinski definition) is 4. The number of carbonyl (C=O) groups is 2. The van der Waals surface area contributed by atoms with Gasteiger partial charge < -0.3 is 20.1 Å². The fraction of sp³-hybridized carbons (Fsp3) is 0.130. The topological polar surface area (TPSA) is 76.7 Å². The van der Waals surface area contributed by atoms with Crippen LogP contribution in [0.25, 0.3) is 0 Å². The van der Waals surface area contributed by atoms with Gasteiger partial charge in [0.25, 0.3) is 11.8 Å². The maximum Gasteiger partial charge on any atom is 0.262 e. The first kappa shape index (κ1) is 21.2. The molecule has 6 nitrogen and oxygen atoms in total. The number of ether oxygens (including phenoxy) is 2. The Bertz CT molecular complexity index is 1030. The maximum atomic E-state index is 12.4. The van der Waals surface area contributed by atoms with Crippen molar-refractivity contribution in [3.05, 3.63) is 82.9 Å². The van der Waals surface area contributed by atoms with Gasteiger partial charge >= 0.3 is 0 Å². The van der Waals surface area contributed by atoms with Crippen molar-refractivity contribution in [1.29, 1.82) is 0 Å². The first-order chi connectivity index (χ1) is 14.4. The van der Waals surface area contributed by atoms with E-state index >= 15 is 0 Å². The molecular formula is C23H21ClN2O4.